The summed E-state index contributed by atoms with van der Waals surface area (Å²) < 4.78 is 0. The molecule has 0 radical (unpaired) electrons. The Balaban J connectivity index is 1.85. The van der Waals surface area contributed by atoms with Crippen molar-refractivity contribution in [3.63, 3.8) is 0 Å². The molecule has 2 heterocycles. The molecular formula is C22H23ClN4O. The van der Waals surface area contributed by atoms with E-state index in [1.165, 1.54) is 0 Å². The molecule has 0 spiro atoms. The predicted molar refractivity (Wildman–Crippen MR) is 111 cm³/mol. The number of nitrogens with two attached hydrogens (primary N) is 1. The van der Waals surface area contributed by atoms with Crippen LogP contribution in [-0.2, 0) is 23.2 Å². The van der Waals surface area contributed by atoms with Gasteiger partial charge in [-0.15, -0.1) is 0 Å². The number of rotatable bonds is 9. The van der Waals surface area contributed by atoms with Crippen LogP contribution in [0.25, 0.3) is 0 Å². The number of nitrogens with zero attached hydrogens (tertiary/aromatic N) is 2. The van der Waals surface area contributed by atoms with Crippen LogP contribution in [0.5, 0.6) is 0 Å². The van der Waals surface area contributed by atoms with Gasteiger partial charge in [0.25, 0.3) is 0 Å². The van der Waals surface area contributed by atoms with E-state index in [0.29, 0.717) is 24.4 Å². The van der Waals surface area contributed by atoms with Gasteiger partial charge in [-0.3, -0.25) is 20.1 Å². The van der Waals surface area contributed by atoms with E-state index in [-0.39, 0.29) is 0 Å². The second-order valence-corrected chi connectivity index (χ2v) is 7.11. The van der Waals surface area contributed by atoms with E-state index in [1.807, 2.05) is 36.4 Å². The van der Waals surface area contributed by atoms with Gasteiger partial charge < -0.3 is 5.73 Å². The summed E-state index contributed by atoms with van der Waals surface area (Å²) >= 11 is 6.21. The van der Waals surface area contributed by atoms with Crippen LogP contribution in [0, 0.1) is 0 Å². The number of benzene rings is 1. The quantitative estimate of drug-likeness (QED) is 0.583. The van der Waals surface area contributed by atoms with Crippen LogP contribution in [0.3, 0.4) is 0 Å². The lowest BCUT2D eigenvalue weighted by Crippen LogP contribution is -2.53. The summed E-state index contributed by atoms with van der Waals surface area (Å²) in [6.07, 6.45) is 8.98. The first-order valence-corrected chi connectivity index (χ1v) is 9.57. The third kappa shape index (κ3) is 4.94. The fourth-order valence-electron chi connectivity index (χ4n) is 3.29. The normalized spacial score (nSPS) is 13.0. The topological polar surface area (TPSA) is 80.9 Å². The van der Waals surface area contributed by atoms with Crippen LogP contribution in [-0.4, -0.2) is 22.4 Å². The molecule has 1 unspecified atom stereocenters. The Bertz CT molecular complexity index is 905. The average molecular weight is 395 g/mol. The summed E-state index contributed by atoms with van der Waals surface area (Å²) in [6.45, 7) is 0.590. The lowest BCUT2D eigenvalue weighted by atomic mass is 9.83. The van der Waals surface area contributed by atoms with Gasteiger partial charge in [0.15, 0.2) is 0 Å². The van der Waals surface area contributed by atoms with Crippen molar-refractivity contribution in [3.8, 4) is 0 Å². The highest BCUT2D eigenvalue weighted by Gasteiger charge is 2.37. The standard InChI is InChI=1S/C22H23ClN4O/c23-20-5-1-4-19(15-20)22(21(24)28,10-6-18-3-2-11-26-16-18)27-14-9-17-7-12-25-13-8-17/h1-5,7-8,11-13,15-16,27H,6,9-10,14H2,(H2,24,28). The summed E-state index contributed by atoms with van der Waals surface area (Å²) in [5.74, 6) is -0.423. The number of nitrogens with one attached hydrogen (secondary N) is 1. The smallest absolute Gasteiger partial charge is 0.242 e. The molecule has 3 aromatic rings. The molecule has 144 valence electrons. The van der Waals surface area contributed by atoms with Crippen LogP contribution >= 0.6 is 11.6 Å². The van der Waals surface area contributed by atoms with Gasteiger partial charge in [0.2, 0.25) is 5.91 Å². The Morgan fingerprint density at radius 1 is 1.00 bits per heavy atom. The van der Waals surface area contributed by atoms with Gasteiger partial charge in [-0.25, -0.2) is 0 Å². The lowest BCUT2D eigenvalue weighted by Gasteiger charge is -2.33. The summed E-state index contributed by atoms with van der Waals surface area (Å²) in [4.78, 5) is 20.9. The zero-order chi connectivity index (χ0) is 19.8. The van der Waals surface area contributed by atoms with E-state index in [4.69, 9.17) is 17.3 Å². The first kappa shape index (κ1) is 20.0. The van der Waals surface area contributed by atoms with Crippen molar-refractivity contribution in [2.75, 3.05) is 6.54 Å². The molecule has 0 aliphatic carbocycles. The Morgan fingerprint density at radius 2 is 1.82 bits per heavy atom. The Kier molecular flexibility index (Phi) is 6.74. The van der Waals surface area contributed by atoms with E-state index >= 15 is 0 Å². The fraction of sp³-hybridized carbons (Fsp3) is 0.227. The van der Waals surface area contributed by atoms with Gasteiger partial charge in [-0.05, 0) is 66.3 Å². The molecule has 28 heavy (non-hydrogen) atoms. The lowest BCUT2D eigenvalue weighted by molar-refractivity contribution is -0.125. The molecule has 3 rings (SSSR count). The van der Waals surface area contributed by atoms with Crippen molar-refractivity contribution in [2.45, 2.75) is 24.8 Å². The van der Waals surface area contributed by atoms with Crippen LogP contribution in [0.4, 0.5) is 0 Å². The number of primary amides is 1. The average Bonchev–Trinajstić information content (AvgIpc) is 2.72. The van der Waals surface area contributed by atoms with E-state index < -0.39 is 11.4 Å². The van der Waals surface area contributed by atoms with E-state index in [1.54, 1.807) is 36.9 Å². The van der Waals surface area contributed by atoms with Crippen molar-refractivity contribution in [1.82, 2.24) is 15.3 Å². The minimum absolute atomic E-state index is 0.423. The minimum atomic E-state index is -1.02. The molecular weight excluding hydrogens is 372 g/mol. The van der Waals surface area contributed by atoms with Crippen molar-refractivity contribution >= 4 is 17.5 Å². The first-order chi connectivity index (χ1) is 13.6. The second-order valence-electron chi connectivity index (χ2n) is 6.67. The number of hydrogen-bond acceptors (Lipinski definition) is 4. The highest BCUT2D eigenvalue weighted by atomic mass is 35.5. The number of halogens is 1. The molecule has 0 fully saturated rings. The maximum atomic E-state index is 12.7. The number of amides is 1. The van der Waals surface area contributed by atoms with Crippen molar-refractivity contribution in [1.29, 1.82) is 0 Å². The predicted octanol–water partition coefficient (Wildman–Crippen LogP) is 3.28. The van der Waals surface area contributed by atoms with Gasteiger partial charge in [0.1, 0.15) is 5.54 Å². The van der Waals surface area contributed by atoms with Gasteiger partial charge in [-0.1, -0.05) is 29.8 Å². The largest absolute Gasteiger partial charge is 0.368 e. The van der Waals surface area contributed by atoms with Crippen molar-refractivity contribution in [2.24, 2.45) is 5.73 Å². The highest BCUT2D eigenvalue weighted by molar-refractivity contribution is 6.30. The minimum Gasteiger partial charge on any atom is -0.368 e. The maximum Gasteiger partial charge on any atom is 0.242 e. The molecule has 0 aliphatic heterocycles. The number of carbonyl (C=O) groups is 1. The molecule has 3 N–H and O–H groups in total. The summed E-state index contributed by atoms with van der Waals surface area (Å²) in [7, 11) is 0. The van der Waals surface area contributed by atoms with Gasteiger partial charge in [0, 0.05) is 36.4 Å². The number of hydrogen-bond donors (Lipinski definition) is 2. The number of aryl methyl sites for hydroxylation is 1. The Morgan fingerprint density at radius 3 is 2.50 bits per heavy atom. The summed E-state index contributed by atoms with van der Waals surface area (Å²) in [5, 5.41) is 3.99. The fourth-order valence-corrected chi connectivity index (χ4v) is 3.48. The number of pyridine rings is 2. The van der Waals surface area contributed by atoms with E-state index in [9.17, 15) is 4.79 Å². The van der Waals surface area contributed by atoms with Crippen LogP contribution in [0.15, 0.2) is 73.3 Å². The molecule has 0 saturated heterocycles. The Labute approximate surface area is 170 Å². The molecule has 0 bridgehead atoms. The molecule has 1 aromatic carbocycles. The molecule has 1 amide bonds. The molecule has 0 aliphatic rings. The molecule has 2 aromatic heterocycles. The van der Waals surface area contributed by atoms with Crippen LogP contribution in [0.2, 0.25) is 5.02 Å². The van der Waals surface area contributed by atoms with Crippen molar-refractivity contribution in [3.05, 3.63) is 95.0 Å². The molecule has 1 atom stereocenters. The number of aromatic nitrogens is 2. The summed E-state index contributed by atoms with van der Waals surface area (Å²) in [6, 6.07) is 15.1. The number of carbonyl (C=O) groups excluding carboxylic acids is 1. The second kappa shape index (κ2) is 9.44. The third-order valence-corrected chi connectivity index (χ3v) is 5.07. The zero-order valence-electron chi connectivity index (χ0n) is 15.5. The van der Waals surface area contributed by atoms with Crippen LogP contribution in [0.1, 0.15) is 23.1 Å². The van der Waals surface area contributed by atoms with E-state index in [2.05, 4.69) is 15.3 Å². The molecule has 6 heteroatoms. The summed E-state index contributed by atoms with van der Waals surface area (Å²) in [5.41, 5.74) is 7.86. The van der Waals surface area contributed by atoms with Gasteiger partial charge >= 0.3 is 0 Å². The molecule has 0 saturated carbocycles. The van der Waals surface area contributed by atoms with Crippen molar-refractivity contribution < 1.29 is 4.79 Å². The monoisotopic (exact) mass is 394 g/mol. The van der Waals surface area contributed by atoms with Gasteiger partial charge in [0.05, 0.1) is 0 Å². The van der Waals surface area contributed by atoms with Crippen LogP contribution < -0.4 is 11.1 Å². The highest BCUT2D eigenvalue weighted by Crippen LogP contribution is 2.29. The van der Waals surface area contributed by atoms with E-state index in [0.717, 1.165) is 23.1 Å². The maximum absolute atomic E-state index is 12.7. The third-order valence-electron chi connectivity index (χ3n) is 4.84. The molecule has 5 nitrogen and oxygen atoms in total. The Hall–Kier alpha value is -2.76. The zero-order valence-corrected chi connectivity index (χ0v) is 16.3. The first-order valence-electron chi connectivity index (χ1n) is 9.19. The van der Waals surface area contributed by atoms with Gasteiger partial charge in [-0.2, -0.15) is 0 Å². The SMILES string of the molecule is NC(=O)C(CCc1cccnc1)(NCCc1ccncc1)c1cccc(Cl)c1.